The first kappa shape index (κ1) is 22.5. The van der Waals surface area contributed by atoms with Crippen LogP contribution in [0.3, 0.4) is 0 Å². The van der Waals surface area contributed by atoms with Crippen molar-refractivity contribution in [3.05, 3.63) is 73.8 Å². The number of halogens is 2. The van der Waals surface area contributed by atoms with E-state index in [1.54, 1.807) is 0 Å². The van der Waals surface area contributed by atoms with Crippen molar-refractivity contribution in [2.24, 2.45) is 16.7 Å². The highest BCUT2D eigenvalue weighted by Gasteiger charge is 2.80. The van der Waals surface area contributed by atoms with Gasteiger partial charge in [0.25, 0.3) is 5.69 Å². The Balaban J connectivity index is 2.06. The van der Waals surface area contributed by atoms with Gasteiger partial charge in [0, 0.05) is 22.7 Å². The molecule has 33 heavy (non-hydrogen) atoms. The molecule has 0 aliphatic carbocycles. The van der Waals surface area contributed by atoms with Crippen molar-refractivity contribution in [1.29, 1.82) is 21.2 Å². The zero-order valence-corrected chi connectivity index (χ0v) is 18.4. The lowest BCUT2D eigenvalue weighted by Crippen LogP contribution is -2.57. The first-order chi connectivity index (χ1) is 15.6. The maximum absolute atomic E-state index is 11.4. The van der Waals surface area contributed by atoms with Gasteiger partial charge in [0.1, 0.15) is 6.10 Å². The van der Waals surface area contributed by atoms with Gasteiger partial charge in [-0.2, -0.15) is 15.8 Å². The van der Waals surface area contributed by atoms with E-state index >= 15 is 0 Å². The third-order valence-electron chi connectivity index (χ3n) is 6.36. The lowest BCUT2D eigenvalue weighted by Gasteiger charge is -2.48. The lowest BCUT2D eigenvalue weighted by atomic mass is 9.53. The third-order valence-corrected chi connectivity index (χ3v) is 6.91. The van der Waals surface area contributed by atoms with Crippen LogP contribution in [0, 0.1) is 66.3 Å². The Hall–Kier alpha value is -3.68. The molecule has 4 atom stereocenters. The number of nitriles is 3. The molecule has 0 spiro atoms. The van der Waals surface area contributed by atoms with E-state index in [1.165, 1.54) is 43.3 Å². The number of hydrogen-bond acceptors (Lipinski definition) is 8. The molecule has 164 valence electrons. The van der Waals surface area contributed by atoms with Crippen LogP contribution < -0.4 is 0 Å². The minimum atomic E-state index is -2.26. The van der Waals surface area contributed by atoms with E-state index < -0.39 is 39.5 Å². The van der Waals surface area contributed by atoms with E-state index in [2.05, 4.69) is 0 Å². The monoisotopic (exact) mass is 481 g/mol. The van der Waals surface area contributed by atoms with Gasteiger partial charge in [-0.05, 0) is 23.8 Å². The van der Waals surface area contributed by atoms with Gasteiger partial charge in [-0.1, -0.05) is 42.3 Å². The highest BCUT2D eigenvalue weighted by Crippen LogP contribution is 2.69. The van der Waals surface area contributed by atoms with Crippen LogP contribution in [0.1, 0.15) is 24.2 Å². The van der Waals surface area contributed by atoms with Crippen LogP contribution in [-0.2, 0) is 15.3 Å². The number of nitro benzene ring substituents is 1. The number of hydrogen-bond donors (Lipinski definition) is 1. The number of nitrogens with one attached hydrogen (secondary N) is 1. The van der Waals surface area contributed by atoms with Gasteiger partial charge in [0.15, 0.2) is 5.41 Å². The first-order valence-electron chi connectivity index (χ1n) is 9.53. The fourth-order valence-electron chi connectivity index (χ4n) is 4.72. The molecule has 0 saturated carbocycles. The van der Waals surface area contributed by atoms with Gasteiger partial charge >= 0.3 is 0 Å². The Morgan fingerprint density at radius 2 is 1.82 bits per heavy atom. The molecule has 2 bridgehead atoms. The SMILES string of the molecule is CC1C2(c3ccc(Cl)cc3Cl)OC(=N)C1(C#N)C(C#N)(C#N)C(c1cccc([N+](=O)[O-])c1)O2. The second-order valence-electron chi connectivity index (χ2n) is 7.75. The molecule has 2 fully saturated rings. The molecule has 0 amide bonds. The van der Waals surface area contributed by atoms with Crippen molar-refractivity contribution in [1.82, 2.24) is 0 Å². The van der Waals surface area contributed by atoms with Crippen molar-refractivity contribution in [2.45, 2.75) is 18.8 Å². The van der Waals surface area contributed by atoms with Crippen molar-refractivity contribution < 1.29 is 14.4 Å². The van der Waals surface area contributed by atoms with Crippen LogP contribution in [0.25, 0.3) is 0 Å². The number of non-ortho nitro benzene ring substituents is 1. The van der Waals surface area contributed by atoms with E-state index in [0.29, 0.717) is 5.02 Å². The van der Waals surface area contributed by atoms with Crippen LogP contribution >= 0.6 is 23.2 Å². The Labute approximate surface area is 197 Å². The average Bonchev–Trinajstić information content (AvgIpc) is 2.95. The van der Waals surface area contributed by atoms with Gasteiger partial charge in [-0.3, -0.25) is 15.5 Å². The normalized spacial score (nSPS) is 29.3. The highest BCUT2D eigenvalue weighted by atomic mass is 35.5. The molecule has 2 aliphatic heterocycles. The van der Waals surface area contributed by atoms with E-state index in [4.69, 9.17) is 38.1 Å². The Morgan fingerprint density at radius 3 is 2.39 bits per heavy atom. The zero-order valence-electron chi connectivity index (χ0n) is 16.9. The molecule has 2 aliphatic rings. The first-order valence-corrected chi connectivity index (χ1v) is 10.3. The molecular formula is C22H13Cl2N5O4. The number of fused-ring (bicyclic) bond motifs is 2. The fraction of sp³-hybridized carbons (Fsp3) is 0.273. The number of rotatable bonds is 3. The van der Waals surface area contributed by atoms with Crippen molar-refractivity contribution in [3.63, 3.8) is 0 Å². The summed E-state index contributed by atoms with van der Waals surface area (Å²) in [5.74, 6) is -3.49. The molecule has 4 unspecified atom stereocenters. The summed E-state index contributed by atoms with van der Waals surface area (Å²) in [6, 6.07) is 15.4. The molecule has 2 aromatic carbocycles. The van der Waals surface area contributed by atoms with Gasteiger partial charge < -0.3 is 9.47 Å². The van der Waals surface area contributed by atoms with E-state index in [-0.39, 0.29) is 21.8 Å². The minimum Gasteiger partial charge on any atom is -0.443 e. The molecule has 2 saturated heterocycles. The van der Waals surface area contributed by atoms with E-state index in [9.17, 15) is 25.9 Å². The molecule has 9 nitrogen and oxygen atoms in total. The van der Waals surface area contributed by atoms with E-state index in [1.807, 2.05) is 18.2 Å². The summed E-state index contributed by atoms with van der Waals surface area (Å²) >= 11 is 12.5. The molecule has 1 N–H and O–H groups in total. The van der Waals surface area contributed by atoms with Crippen LogP contribution in [0.4, 0.5) is 5.69 Å². The molecular weight excluding hydrogens is 469 g/mol. The Kier molecular flexibility index (Phi) is 5.07. The third kappa shape index (κ3) is 2.70. The van der Waals surface area contributed by atoms with Gasteiger partial charge in [0.05, 0.1) is 34.1 Å². The summed E-state index contributed by atoms with van der Waals surface area (Å²) in [5.41, 5.74) is -4.28. The number of benzene rings is 2. The van der Waals surface area contributed by atoms with Crippen LogP contribution in [-0.4, -0.2) is 10.8 Å². The van der Waals surface area contributed by atoms with Crippen LogP contribution in [0.15, 0.2) is 42.5 Å². The van der Waals surface area contributed by atoms with Gasteiger partial charge in [-0.15, -0.1) is 0 Å². The van der Waals surface area contributed by atoms with Crippen molar-refractivity contribution >= 4 is 34.8 Å². The zero-order chi connectivity index (χ0) is 24.2. The summed E-state index contributed by atoms with van der Waals surface area (Å²) in [7, 11) is 0. The molecule has 0 radical (unpaired) electrons. The number of nitrogens with zero attached hydrogens (tertiary/aromatic N) is 4. The second-order valence-corrected chi connectivity index (χ2v) is 8.59. The molecule has 4 rings (SSSR count). The number of nitro groups is 1. The average molecular weight is 482 g/mol. The topological polar surface area (TPSA) is 157 Å². The van der Waals surface area contributed by atoms with Crippen molar-refractivity contribution in [3.8, 4) is 18.2 Å². The molecule has 11 heteroatoms. The lowest BCUT2D eigenvalue weighted by molar-refractivity contribution is -0.385. The smallest absolute Gasteiger partial charge is 0.269 e. The molecule has 2 heterocycles. The van der Waals surface area contributed by atoms with Crippen LogP contribution in [0.5, 0.6) is 0 Å². The second kappa shape index (κ2) is 7.43. The van der Waals surface area contributed by atoms with Gasteiger partial charge in [-0.25, -0.2) is 0 Å². The standard InChI is InChI=1S/C22H13Cl2N5O4/c1-12-21(11-27)19(28)33-22(12,16-6-5-14(23)8-17(16)24)32-18(20(21,9-25)10-26)13-3-2-4-15(7-13)29(30)31/h2-8,12,18,28H,1H3. The minimum absolute atomic E-state index is 0.103. The predicted octanol–water partition coefficient (Wildman–Crippen LogP) is 5.01. The quantitative estimate of drug-likeness (QED) is 0.476. The maximum atomic E-state index is 11.4. The summed E-state index contributed by atoms with van der Waals surface area (Å²) in [6.07, 6.45) is -1.49. The molecule has 2 aromatic rings. The largest absolute Gasteiger partial charge is 0.443 e. The summed E-state index contributed by atoms with van der Waals surface area (Å²) in [6.45, 7) is 1.53. The summed E-state index contributed by atoms with van der Waals surface area (Å²) < 4.78 is 12.1. The molecule has 0 aromatic heterocycles. The predicted molar refractivity (Wildman–Crippen MR) is 115 cm³/mol. The van der Waals surface area contributed by atoms with Crippen LogP contribution in [0.2, 0.25) is 10.0 Å². The Bertz CT molecular complexity index is 1330. The number of ether oxygens (including phenoxy) is 2. The Morgan fingerprint density at radius 1 is 1.12 bits per heavy atom. The maximum Gasteiger partial charge on any atom is 0.269 e. The van der Waals surface area contributed by atoms with Gasteiger partial charge in [0.2, 0.25) is 17.1 Å². The van der Waals surface area contributed by atoms with Crippen molar-refractivity contribution in [2.75, 3.05) is 0 Å². The summed E-state index contributed by atoms with van der Waals surface area (Å²) in [5, 5.41) is 51.1. The summed E-state index contributed by atoms with van der Waals surface area (Å²) in [4.78, 5) is 10.7. The highest BCUT2D eigenvalue weighted by molar-refractivity contribution is 6.35. The van der Waals surface area contributed by atoms with E-state index in [0.717, 1.165) is 6.07 Å². The fourth-order valence-corrected chi connectivity index (χ4v) is 5.26.